The van der Waals surface area contributed by atoms with E-state index in [1.54, 1.807) is 83.6 Å². The monoisotopic (exact) mass is 1610 g/mol. The maximum atomic E-state index is 12.5. The number of anilines is 1. The predicted molar refractivity (Wildman–Crippen MR) is 370 cm³/mol. The average molecular weight is 1610 g/mol. The van der Waals surface area contributed by atoms with Crippen LogP contribution >= 0.6 is 127 Å². The van der Waals surface area contributed by atoms with E-state index in [0.717, 1.165) is 25.3 Å². The average Bonchev–Trinajstić information content (AvgIpc) is 1.36. The highest BCUT2D eigenvalue weighted by molar-refractivity contribution is 14.1. The number of carbonyl (C=O) groups is 2. The van der Waals surface area contributed by atoms with Crippen molar-refractivity contribution in [2.24, 2.45) is 5.73 Å². The Kier molecular flexibility index (Phi) is 28.4. The SMILES string of the molecule is CC(=O)O.CC(C)(C)S(=O)(=O)c1cc2c(=O)[nH]cnc2cc1Cl.CC(C)(C)S(=O)(=O)c1cc2c(Cl)ncnc2cc1Cl.CC(C)(C)Sc1cc2c(=O)[nH]cnc2cc1Cl.COC(=O)c1cc(I)c(Cl)cc1N.N=CN.O=c1[nH]cnc2cc(Cl)c(I)cc12. The van der Waals surface area contributed by atoms with Gasteiger partial charge < -0.3 is 36.3 Å². The fraction of sp³-hybridized carbons (Fsp3) is 0.255. The summed E-state index contributed by atoms with van der Waals surface area (Å²) in [7, 11) is -5.88. The minimum Gasteiger partial charge on any atom is -0.481 e. The molecule has 0 amide bonds. The molecule has 9 N–H and O–H groups in total. The number of carboxylic acids is 1. The number of halogens is 8. The van der Waals surface area contributed by atoms with Gasteiger partial charge in [0.1, 0.15) is 11.5 Å². The highest BCUT2D eigenvalue weighted by Crippen LogP contribution is 2.39. The lowest BCUT2D eigenvalue weighted by Crippen LogP contribution is -2.28. The second-order valence-electron chi connectivity index (χ2n) is 20.5. The van der Waals surface area contributed by atoms with Crippen molar-refractivity contribution in [3.8, 4) is 0 Å². The quantitative estimate of drug-likeness (QED) is 0.0164. The van der Waals surface area contributed by atoms with Gasteiger partial charge in [-0.05, 0) is 147 Å². The molecular weight excluding hydrogens is 1550 g/mol. The Hall–Kier alpha value is -5.48. The van der Waals surface area contributed by atoms with Gasteiger partial charge in [-0.3, -0.25) is 24.6 Å². The van der Waals surface area contributed by atoms with Crippen molar-refractivity contribution in [1.82, 2.24) is 39.9 Å². The highest BCUT2D eigenvalue weighted by Gasteiger charge is 2.34. The number of aromatic nitrogens is 8. The van der Waals surface area contributed by atoms with Crippen LogP contribution in [0, 0.1) is 12.5 Å². The normalized spacial score (nSPS) is 11.3. The van der Waals surface area contributed by atoms with Crippen LogP contribution in [0.2, 0.25) is 30.3 Å². The fourth-order valence-corrected chi connectivity index (χ4v) is 12.7. The van der Waals surface area contributed by atoms with E-state index in [1.165, 1.54) is 62.8 Å². The smallest absolute Gasteiger partial charge is 0.339 e. The number of hydrogen-bond acceptors (Lipinski definition) is 18. The molecule has 0 bridgehead atoms. The summed E-state index contributed by atoms with van der Waals surface area (Å²) in [5.74, 6) is -1.29. The number of nitrogen functional groups attached to an aromatic ring is 1. The summed E-state index contributed by atoms with van der Waals surface area (Å²) in [6.07, 6.45) is 6.06. The van der Waals surface area contributed by atoms with Crippen LogP contribution in [0.5, 0.6) is 0 Å². The van der Waals surface area contributed by atoms with E-state index in [4.69, 9.17) is 90.6 Å². The number of aliphatic carboxylic acids is 1. The van der Waals surface area contributed by atoms with E-state index in [9.17, 15) is 36.0 Å². The topological polar surface area (TPSA) is 371 Å². The fourth-order valence-electron chi connectivity index (χ4n) is 6.56. The number of sulfone groups is 2. The number of benzene rings is 5. The van der Waals surface area contributed by atoms with Gasteiger partial charge in [0.05, 0.1) is 121 Å². The predicted octanol–water partition coefficient (Wildman–Crippen LogP) is 13.3. The first-order valence-electron chi connectivity index (χ1n) is 24.7. The lowest BCUT2D eigenvalue weighted by Gasteiger charge is -2.20. The number of hydrogen-bond donors (Lipinski definition) is 7. The Morgan fingerprint density at radius 1 is 0.591 bits per heavy atom. The van der Waals surface area contributed by atoms with Gasteiger partial charge in [-0.1, -0.05) is 90.4 Å². The van der Waals surface area contributed by atoms with Gasteiger partial charge in [0.2, 0.25) is 0 Å². The van der Waals surface area contributed by atoms with Crippen LogP contribution in [-0.2, 0) is 29.2 Å². The van der Waals surface area contributed by atoms with E-state index in [0.29, 0.717) is 64.5 Å². The number of esters is 1. The summed E-state index contributed by atoms with van der Waals surface area (Å²) in [6.45, 7) is 17.0. The molecule has 33 heteroatoms. The van der Waals surface area contributed by atoms with Crippen molar-refractivity contribution in [2.75, 3.05) is 12.8 Å². The van der Waals surface area contributed by atoms with Crippen LogP contribution in [-0.4, -0.2) is 101 Å². The molecule has 0 saturated carbocycles. The Morgan fingerprint density at radius 2 is 0.943 bits per heavy atom. The molecule has 9 rings (SSSR count). The van der Waals surface area contributed by atoms with Gasteiger partial charge in [-0.15, -0.1) is 11.8 Å². The van der Waals surface area contributed by atoms with Crippen LogP contribution in [0.4, 0.5) is 5.69 Å². The van der Waals surface area contributed by atoms with Gasteiger partial charge in [-0.25, -0.2) is 46.6 Å². The second-order valence-corrected chi connectivity index (χ2v) is 32.4. The molecule has 0 radical (unpaired) electrons. The lowest BCUT2D eigenvalue weighted by atomic mass is 10.2. The summed E-state index contributed by atoms with van der Waals surface area (Å²) in [5, 5.41) is 17.3. The maximum Gasteiger partial charge on any atom is 0.339 e. The minimum atomic E-state index is -3.63. The first-order chi connectivity index (χ1) is 40.5. The van der Waals surface area contributed by atoms with E-state index in [2.05, 4.69) is 93.7 Å². The molecule has 22 nitrogen and oxygen atoms in total. The van der Waals surface area contributed by atoms with Crippen molar-refractivity contribution < 1.29 is 36.3 Å². The Balaban J connectivity index is 0.000000282. The molecule has 0 atom stereocenters. The molecule has 4 heterocycles. The zero-order valence-corrected chi connectivity index (χ0v) is 59.6. The Labute approximate surface area is 566 Å². The Bertz CT molecular complexity index is 4480. The van der Waals surface area contributed by atoms with E-state index < -0.39 is 46.7 Å². The third kappa shape index (κ3) is 21.1. The van der Waals surface area contributed by atoms with Gasteiger partial charge in [0, 0.05) is 34.8 Å². The highest BCUT2D eigenvalue weighted by atomic mass is 127. The number of carbonyl (C=O) groups excluding carboxylic acids is 1. The summed E-state index contributed by atoms with van der Waals surface area (Å²) in [6, 6.07) is 15.7. The molecule has 9 aromatic rings. The van der Waals surface area contributed by atoms with Gasteiger partial charge in [0.25, 0.3) is 22.6 Å². The van der Waals surface area contributed by atoms with Crippen LogP contribution in [0.15, 0.2) is 115 Å². The number of fused-ring (bicyclic) bond motifs is 4. The number of aromatic amines is 3. The Morgan fingerprint density at radius 3 is 1.35 bits per heavy atom. The standard InChI is InChI=1S/C12H12Cl2N2O2S.C12H13ClN2O3S.C12H13ClN2OS.C8H4ClIN2O.C8H7ClINO2.C2H4O2.CH4N2/c1-12(2,3)19(17,18)10-4-7-9(5-8(10)13)15-6-16-11(7)14;1-12(2,3)19(17,18)10-4-7-9(5-8(10)13)14-6-15-11(7)16;1-12(2,3)17-10-4-7-9(5-8(10)13)14-6-15-11(7)16;9-5-2-7-4(1-6(5)10)8(13)12-3-11-7;1-13-8(12)4-2-6(10)5(9)3-7(4)11;1-2(3)4;2-1-3/h4-6H,1-3H3;4-6H,1-3H3,(H,14,15,16);4-6H,1-3H3,(H,14,15,16);1-3H,(H,11,12,13);2-3H,11H2,1H3;1H3,(H,3,4);1H,(H3,2,3). The van der Waals surface area contributed by atoms with Crippen molar-refractivity contribution in [3.05, 3.63) is 160 Å². The molecule has 472 valence electrons. The molecule has 0 spiro atoms. The summed E-state index contributed by atoms with van der Waals surface area (Å²) in [5.41, 5.74) is 12.1. The van der Waals surface area contributed by atoms with Crippen LogP contribution in [0.1, 0.15) is 79.6 Å². The third-order valence-corrected chi connectivity index (χ3v) is 21.7. The summed E-state index contributed by atoms with van der Waals surface area (Å²) < 4.78 is 54.0. The number of nitrogens with two attached hydrogens (primary N) is 2. The molecule has 0 saturated heterocycles. The molecule has 88 heavy (non-hydrogen) atoms. The molecule has 5 aromatic carbocycles. The molecule has 0 aliphatic heterocycles. The molecule has 0 aliphatic carbocycles. The maximum absolute atomic E-state index is 12.5. The van der Waals surface area contributed by atoms with Crippen molar-refractivity contribution in [1.29, 1.82) is 5.41 Å². The number of H-pyrrole nitrogens is 3. The van der Waals surface area contributed by atoms with Gasteiger partial charge >= 0.3 is 5.97 Å². The minimum absolute atomic E-state index is 0.0471. The van der Waals surface area contributed by atoms with E-state index >= 15 is 0 Å². The van der Waals surface area contributed by atoms with Crippen molar-refractivity contribution >= 4 is 214 Å². The van der Waals surface area contributed by atoms with Crippen molar-refractivity contribution in [3.63, 3.8) is 0 Å². The van der Waals surface area contributed by atoms with Crippen molar-refractivity contribution in [2.45, 2.75) is 98.2 Å². The number of carboxylic acid groups (broad SMARTS) is 1. The summed E-state index contributed by atoms with van der Waals surface area (Å²) >= 11 is 41.6. The number of rotatable bonds is 4. The molecule has 0 unspecified atom stereocenters. The zero-order valence-electron chi connectivity index (χ0n) is 48.3. The van der Waals surface area contributed by atoms with Gasteiger partial charge in [0.15, 0.2) is 19.7 Å². The number of nitrogens with zero attached hydrogens (tertiary/aromatic N) is 5. The molecular formula is C55H57Cl6I2N11O11S3. The third-order valence-electron chi connectivity index (χ3n) is 10.8. The first-order valence-corrected chi connectivity index (χ1v) is 32.9. The number of thioether (sulfide) groups is 1. The number of ether oxygens (including phenoxy) is 1. The van der Waals surface area contributed by atoms with E-state index in [1.807, 2.05) is 22.6 Å². The second kappa shape index (κ2) is 32.5. The first kappa shape index (κ1) is 76.8. The van der Waals surface area contributed by atoms with Crippen LogP contribution in [0.25, 0.3) is 43.6 Å². The van der Waals surface area contributed by atoms with E-state index in [-0.39, 0.29) is 46.2 Å². The molecule has 0 aliphatic rings. The molecule has 4 aromatic heterocycles. The number of nitrogens with one attached hydrogen (secondary N) is 4. The van der Waals surface area contributed by atoms with Crippen LogP contribution in [0.3, 0.4) is 0 Å². The van der Waals surface area contributed by atoms with Crippen LogP contribution < -0.4 is 28.1 Å². The summed E-state index contributed by atoms with van der Waals surface area (Å²) in [4.78, 5) is 83.1. The van der Waals surface area contributed by atoms with Gasteiger partial charge in [-0.2, -0.15) is 0 Å². The molecule has 0 fully saturated rings. The largest absolute Gasteiger partial charge is 0.481 e. The number of methoxy groups -OCH3 is 1. The zero-order chi connectivity index (χ0) is 67.2. The lowest BCUT2D eigenvalue weighted by molar-refractivity contribution is -0.134.